The lowest BCUT2D eigenvalue weighted by Gasteiger charge is -1.97. The lowest BCUT2D eigenvalue weighted by Crippen LogP contribution is -1.97. The first kappa shape index (κ1) is 12.0. The first-order valence-electron chi connectivity index (χ1n) is 5.05. The Hall–Kier alpha value is -1.47. The highest BCUT2D eigenvalue weighted by atomic mass is 32.1. The van der Waals surface area contributed by atoms with Crippen LogP contribution in [-0.2, 0) is 13.0 Å². The van der Waals surface area contributed by atoms with Gasteiger partial charge in [0.1, 0.15) is 9.88 Å². The van der Waals surface area contributed by atoms with Gasteiger partial charge in [-0.2, -0.15) is 0 Å². The van der Waals surface area contributed by atoms with Gasteiger partial charge in [0, 0.05) is 11.1 Å². The van der Waals surface area contributed by atoms with Gasteiger partial charge in [-0.15, -0.1) is 11.3 Å². The summed E-state index contributed by atoms with van der Waals surface area (Å²) in [5.74, 6) is -0.946. The summed E-state index contributed by atoms with van der Waals surface area (Å²) in [6.45, 7) is 2.67. The third-order valence-electron chi connectivity index (χ3n) is 2.06. The van der Waals surface area contributed by atoms with E-state index >= 15 is 0 Å². The maximum Gasteiger partial charge on any atom is 0.347 e. The number of aromatic nitrogens is 2. The van der Waals surface area contributed by atoms with Crippen molar-refractivity contribution in [3.63, 3.8) is 0 Å². The van der Waals surface area contributed by atoms with Gasteiger partial charge in [0.25, 0.3) is 0 Å². The summed E-state index contributed by atoms with van der Waals surface area (Å²) < 4.78 is 0. The lowest BCUT2D eigenvalue weighted by atomic mass is 10.4. The minimum absolute atomic E-state index is 0.237. The number of carboxylic acid groups (broad SMARTS) is 1. The van der Waals surface area contributed by atoms with Crippen molar-refractivity contribution in [2.24, 2.45) is 0 Å². The number of carboxylic acids is 1. The second-order valence-electron chi connectivity index (χ2n) is 3.26. The van der Waals surface area contributed by atoms with Crippen LogP contribution in [0.1, 0.15) is 26.5 Å². The number of aromatic carboxylic acids is 1. The SMILES string of the molecule is CCc1cnc(CNc2ncc(C(=O)O)s2)s1. The van der Waals surface area contributed by atoms with Gasteiger partial charge < -0.3 is 10.4 Å². The van der Waals surface area contributed by atoms with E-state index in [0.29, 0.717) is 11.7 Å². The fraction of sp³-hybridized carbons (Fsp3) is 0.300. The molecule has 0 atom stereocenters. The number of nitrogens with zero attached hydrogens (tertiary/aromatic N) is 2. The minimum atomic E-state index is -0.946. The number of aryl methyl sites for hydroxylation is 1. The maximum atomic E-state index is 10.7. The van der Waals surface area contributed by atoms with Crippen LogP contribution in [-0.4, -0.2) is 21.0 Å². The van der Waals surface area contributed by atoms with Gasteiger partial charge in [-0.1, -0.05) is 18.3 Å². The number of hydrogen-bond donors (Lipinski definition) is 2. The molecule has 7 heteroatoms. The molecule has 0 aliphatic carbocycles. The van der Waals surface area contributed by atoms with E-state index in [9.17, 15) is 4.79 Å². The minimum Gasteiger partial charge on any atom is -0.477 e. The van der Waals surface area contributed by atoms with E-state index < -0.39 is 5.97 Å². The summed E-state index contributed by atoms with van der Waals surface area (Å²) >= 11 is 2.78. The zero-order valence-corrected chi connectivity index (χ0v) is 10.8. The van der Waals surface area contributed by atoms with Crippen LogP contribution in [0, 0.1) is 0 Å². The Morgan fingerprint density at radius 1 is 1.41 bits per heavy atom. The van der Waals surface area contributed by atoms with Crippen LogP contribution < -0.4 is 5.32 Å². The van der Waals surface area contributed by atoms with Crippen molar-refractivity contribution in [1.82, 2.24) is 9.97 Å². The third-order valence-corrected chi connectivity index (χ3v) is 4.14. The van der Waals surface area contributed by atoms with E-state index in [0.717, 1.165) is 22.8 Å². The highest BCUT2D eigenvalue weighted by molar-refractivity contribution is 7.17. The van der Waals surface area contributed by atoms with Crippen LogP contribution >= 0.6 is 22.7 Å². The molecule has 0 spiro atoms. The number of carbonyl (C=O) groups is 1. The molecule has 2 heterocycles. The van der Waals surface area contributed by atoms with E-state index in [1.54, 1.807) is 11.3 Å². The highest BCUT2D eigenvalue weighted by Gasteiger charge is 2.08. The van der Waals surface area contributed by atoms with Crippen molar-refractivity contribution in [2.75, 3.05) is 5.32 Å². The third kappa shape index (κ3) is 3.01. The highest BCUT2D eigenvalue weighted by Crippen LogP contribution is 2.20. The maximum absolute atomic E-state index is 10.7. The smallest absolute Gasteiger partial charge is 0.347 e. The first-order valence-corrected chi connectivity index (χ1v) is 6.69. The summed E-state index contributed by atoms with van der Waals surface area (Å²) in [7, 11) is 0. The van der Waals surface area contributed by atoms with Gasteiger partial charge in [-0.25, -0.2) is 14.8 Å². The summed E-state index contributed by atoms with van der Waals surface area (Å²) in [4.78, 5) is 20.4. The normalized spacial score (nSPS) is 10.4. The van der Waals surface area contributed by atoms with E-state index in [-0.39, 0.29) is 4.88 Å². The Labute approximate surface area is 106 Å². The summed E-state index contributed by atoms with van der Waals surface area (Å²) in [5.41, 5.74) is 0. The number of anilines is 1. The van der Waals surface area contributed by atoms with E-state index in [1.807, 2.05) is 6.20 Å². The molecule has 2 rings (SSSR count). The van der Waals surface area contributed by atoms with Crippen LogP contribution in [0.25, 0.3) is 0 Å². The van der Waals surface area contributed by atoms with Gasteiger partial charge in [0.05, 0.1) is 12.7 Å². The molecule has 0 aromatic carbocycles. The monoisotopic (exact) mass is 269 g/mol. The lowest BCUT2D eigenvalue weighted by molar-refractivity contribution is 0.0702. The molecule has 17 heavy (non-hydrogen) atoms. The topological polar surface area (TPSA) is 75.1 Å². The number of thiazole rings is 2. The van der Waals surface area contributed by atoms with Crippen molar-refractivity contribution in [1.29, 1.82) is 0 Å². The zero-order chi connectivity index (χ0) is 12.3. The van der Waals surface area contributed by atoms with Crippen molar-refractivity contribution in [3.8, 4) is 0 Å². The molecule has 0 fully saturated rings. The molecule has 0 aliphatic heterocycles. The fourth-order valence-corrected chi connectivity index (χ4v) is 2.65. The van der Waals surface area contributed by atoms with Crippen LogP contribution in [0.15, 0.2) is 12.4 Å². The number of hydrogen-bond acceptors (Lipinski definition) is 6. The molecule has 0 unspecified atom stereocenters. The molecule has 5 nitrogen and oxygen atoms in total. The fourth-order valence-electron chi connectivity index (χ4n) is 1.20. The molecule has 90 valence electrons. The Morgan fingerprint density at radius 3 is 2.82 bits per heavy atom. The molecule has 0 amide bonds. The van der Waals surface area contributed by atoms with E-state index in [2.05, 4.69) is 22.2 Å². The molecular formula is C10H11N3O2S2. The van der Waals surface area contributed by atoms with Gasteiger partial charge in [-0.3, -0.25) is 0 Å². The standard InChI is InChI=1S/C10H11N3O2S2/c1-2-6-3-11-8(16-6)5-13-10-12-4-7(17-10)9(14)15/h3-4H,2,5H2,1H3,(H,12,13)(H,14,15). The molecule has 0 saturated carbocycles. The molecule has 2 aromatic rings. The number of nitrogens with one attached hydrogen (secondary N) is 1. The second kappa shape index (κ2) is 5.24. The van der Waals surface area contributed by atoms with Gasteiger partial charge in [0.15, 0.2) is 5.13 Å². The molecule has 0 bridgehead atoms. The predicted octanol–water partition coefficient (Wildman–Crippen LogP) is 2.47. The predicted molar refractivity (Wildman–Crippen MR) is 67.9 cm³/mol. The summed E-state index contributed by atoms with van der Waals surface area (Å²) in [6.07, 6.45) is 4.21. The van der Waals surface area contributed by atoms with Gasteiger partial charge >= 0.3 is 5.97 Å². The van der Waals surface area contributed by atoms with Crippen molar-refractivity contribution in [2.45, 2.75) is 19.9 Å². The van der Waals surface area contributed by atoms with Crippen LogP contribution in [0.3, 0.4) is 0 Å². The van der Waals surface area contributed by atoms with Crippen molar-refractivity contribution >= 4 is 33.8 Å². The average molecular weight is 269 g/mol. The Kier molecular flexibility index (Phi) is 3.70. The van der Waals surface area contributed by atoms with Crippen LogP contribution in [0.2, 0.25) is 0 Å². The Morgan fingerprint density at radius 2 is 2.24 bits per heavy atom. The first-order chi connectivity index (χ1) is 8.19. The van der Waals surface area contributed by atoms with Crippen molar-refractivity contribution in [3.05, 3.63) is 27.2 Å². The molecule has 2 N–H and O–H groups in total. The van der Waals surface area contributed by atoms with E-state index in [4.69, 9.17) is 5.11 Å². The molecule has 0 saturated heterocycles. The Bertz CT molecular complexity index is 521. The quantitative estimate of drug-likeness (QED) is 0.872. The van der Waals surface area contributed by atoms with E-state index in [1.165, 1.54) is 11.1 Å². The molecular weight excluding hydrogens is 258 g/mol. The van der Waals surface area contributed by atoms with Gasteiger partial charge in [0.2, 0.25) is 0 Å². The second-order valence-corrected chi connectivity index (χ2v) is 5.49. The molecule has 0 radical (unpaired) electrons. The Balaban J connectivity index is 1.94. The zero-order valence-electron chi connectivity index (χ0n) is 9.14. The van der Waals surface area contributed by atoms with Crippen LogP contribution in [0.5, 0.6) is 0 Å². The number of rotatable bonds is 5. The summed E-state index contributed by atoms with van der Waals surface area (Å²) in [5, 5.41) is 13.4. The average Bonchev–Trinajstić information content (AvgIpc) is 2.95. The van der Waals surface area contributed by atoms with Crippen molar-refractivity contribution < 1.29 is 9.90 Å². The largest absolute Gasteiger partial charge is 0.477 e. The van der Waals surface area contributed by atoms with Gasteiger partial charge in [-0.05, 0) is 6.42 Å². The molecule has 0 aliphatic rings. The summed E-state index contributed by atoms with van der Waals surface area (Å²) in [6, 6.07) is 0. The molecule has 2 aromatic heterocycles. The van der Waals surface area contributed by atoms with Crippen LogP contribution in [0.4, 0.5) is 5.13 Å².